The average Bonchev–Trinajstić information content (AvgIpc) is 3.26. The van der Waals surface area contributed by atoms with Gasteiger partial charge in [0.05, 0.1) is 5.69 Å². The number of pyridine rings is 1. The quantitative estimate of drug-likeness (QED) is 0.478. The van der Waals surface area contributed by atoms with Crippen molar-refractivity contribution >= 4 is 10.9 Å². The van der Waals surface area contributed by atoms with Crippen molar-refractivity contribution in [1.82, 2.24) is 19.8 Å². The minimum atomic E-state index is -0.0988. The van der Waals surface area contributed by atoms with Gasteiger partial charge in [0.1, 0.15) is 12.4 Å². The first-order chi connectivity index (χ1) is 16.7. The van der Waals surface area contributed by atoms with Crippen LogP contribution in [-0.2, 0) is 19.6 Å². The van der Waals surface area contributed by atoms with Crippen molar-refractivity contribution in [2.45, 2.75) is 38.5 Å². The van der Waals surface area contributed by atoms with Gasteiger partial charge >= 0.3 is 0 Å². The number of ether oxygens (including phenoxy) is 1. The third-order valence-corrected chi connectivity index (χ3v) is 7.23. The molecule has 2 aliphatic heterocycles. The molecule has 6 nitrogen and oxygen atoms in total. The van der Waals surface area contributed by atoms with Crippen LogP contribution in [0.2, 0.25) is 0 Å². The Labute approximate surface area is 199 Å². The van der Waals surface area contributed by atoms with Gasteiger partial charge in [-0.05, 0) is 55.3 Å². The Morgan fingerprint density at radius 3 is 2.68 bits per heavy atom. The molecule has 2 N–H and O–H groups in total. The number of nitrogens with zero attached hydrogens (tertiary/aromatic N) is 2. The number of H-pyrrole nitrogens is 1. The van der Waals surface area contributed by atoms with Crippen molar-refractivity contribution in [2.24, 2.45) is 0 Å². The van der Waals surface area contributed by atoms with E-state index in [0.29, 0.717) is 18.4 Å². The highest BCUT2D eigenvalue weighted by molar-refractivity contribution is 5.86. The van der Waals surface area contributed by atoms with Gasteiger partial charge in [-0.25, -0.2) is 0 Å². The summed E-state index contributed by atoms with van der Waals surface area (Å²) in [5.41, 5.74) is 5.70. The Balaban J connectivity index is 1.22. The van der Waals surface area contributed by atoms with E-state index in [0.717, 1.165) is 49.4 Å². The van der Waals surface area contributed by atoms with Crippen LogP contribution in [0.4, 0.5) is 0 Å². The lowest BCUT2D eigenvalue weighted by molar-refractivity contribution is 0.147. The lowest BCUT2D eigenvalue weighted by atomic mass is 9.98. The average molecular weight is 455 g/mol. The number of aromatic nitrogens is 2. The van der Waals surface area contributed by atoms with Crippen LogP contribution in [0.15, 0.2) is 71.7 Å². The lowest BCUT2D eigenvalue weighted by Crippen LogP contribution is -2.45. The fraction of sp³-hybridized carbons (Fsp3) is 0.321. The molecule has 6 rings (SSSR count). The van der Waals surface area contributed by atoms with E-state index in [9.17, 15) is 4.79 Å². The summed E-state index contributed by atoms with van der Waals surface area (Å²) in [6.45, 7) is 4.80. The second-order valence-corrected chi connectivity index (χ2v) is 9.36. The maximum Gasteiger partial charge on any atom is 0.258 e. The van der Waals surface area contributed by atoms with Crippen molar-refractivity contribution in [2.75, 3.05) is 19.6 Å². The fourth-order valence-corrected chi connectivity index (χ4v) is 5.37. The summed E-state index contributed by atoms with van der Waals surface area (Å²) in [5.74, 6) is 0.583. The van der Waals surface area contributed by atoms with Crippen LogP contribution in [0.5, 0.6) is 5.75 Å². The second-order valence-electron chi connectivity index (χ2n) is 9.36. The minimum absolute atomic E-state index is 0.0988. The molecule has 2 aromatic carbocycles. The van der Waals surface area contributed by atoms with Crippen molar-refractivity contribution in [3.8, 4) is 11.4 Å². The van der Waals surface area contributed by atoms with E-state index >= 15 is 0 Å². The fourth-order valence-electron chi connectivity index (χ4n) is 5.37. The number of fused-ring (bicyclic) bond motifs is 3. The van der Waals surface area contributed by atoms with E-state index in [4.69, 9.17) is 4.74 Å². The first kappa shape index (κ1) is 21.2. The highest BCUT2D eigenvalue weighted by Gasteiger charge is 2.27. The molecule has 4 heterocycles. The van der Waals surface area contributed by atoms with E-state index in [2.05, 4.69) is 27.3 Å². The highest BCUT2D eigenvalue weighted by atomic mass is 16.5. The van der Waals surface area contributed by atoms with Crippen molar-refractivity contribution in [3.05, 3.63) is 94.0 Å². The van der Waals surface area contributed by atoms with Gasteiger partial charge in [0.15, 0.2) is 0 Å². The first-order valence-corrected chi connectivity index (χ1v) is 12.2. The van der Waals surface area contributed by atoms with Gasteiger partial charge in [-0.15, -0.1) is 0 Å². The van der Waals surface area contributed by atoms with Gasteiger partial charge in [0.25, 0.3) is 5.56 Å². The number of nitrogens with one attached hydrogen (secondary N) is 2. The third kappa shape index (κ3) is 4.15. The molecule has 0 atom stereocenters. The van der Waals surface area contributed by atoms with Crippen LogP contribution in [-0.4, -0.2) is 40.1 Å². The molecule has 0 saturated carbocycles. The molecule has 2 aliphatic rings. The smallest absolute Gasteiger partial charge is 0.258 e. The topological polar surface area (TPSA) is 62.3 Å². The summed E-state index contributed by atoms with van der Waals surface area (Å²) in [4.78, 5) is 19.2. The molecule has 174 valence electrons. The van der Waals surface area contributed by atoms with E-state index < -0.39 is 0 Å². The molecular formula is C28H30N4O2. The summed E-state index contributed by atoms with van der Waals surface area (Å²) in [7, 11) is 0. The van der Waals surface area contributed by atoms with Crippen LogP contribution < -0.4 is 15.6 Å². The Morgan fingerprint density at radius 1 is 1.00 bits per heavy atom. The molecule has 0 unspecified atom stereocenters. The zero-order chi connectivity index (χ0) is 22.9. The number of benzene rings is 2. The maximum atomic E-state index is 12.9. The van der Waals surface area contributed by atoms with Crippen LogP contribution in [0.1, 0.15) is 29.7 Å². The predicted molar refractivity (Wildman–Crippen MR) is 135 cm³/mol. The predicted octanol–water partition coefficient (Wildman–Crippen LogP) is 4.01. The Hall–Kier alpha value is -3.35. The van der Waals surface area contributed by atoms with Gasteiger partial charge in [-0.1, -0.05) is 36.4 Å². The van der Waals surface area contributed by atoms with E-state index in [-0.39, 0.29) is 5.56 Å². The Bertz CT molecular complexity index is 1350. The number of aromatic amines is 1. The number of hydrogen-bond acceptors (Lipinski definition) is 4. The molecule has 2 aromatic heterocycles. The molecule has 4 aromatic rings. The number of rotatable bonds is 5. The van der Waals surface area contributed by atoms with Gasteiger partial charge in [-0.2, -0.15) is 0 Å². The lowest BCUT2D eigenvalue weighted by Gasteiger charge is -2.37. The minimum Gasteiger partial charge on any atom is -0.489 e. The van der Waals surface area contributed by atoms with Gasteiger partial charge in [0.2, 0.25) is 0 Å². The van der Waals surface area contributed by atoms with Crippen molar-refractivity contribution in [1.29, 1.82) is 0 Å². The van der Waals surface area contributed by atoms with Crippen LogP contribution in [0.25, 0.3) is 16.6 Å². The number of piperidine rings is 1. The SMILES string of the molecule is O=c1cc(OCc2ccccc2)ccn1-c1ccc2c3c([nH]c2c1)CCN(C1CCNCC1)C3. The molecule has 34 heavy (non-hydrogen) atoms. The molecule has 0 radical (unpaired) electrons. The van der Waals surface area contributed by atoms with E-state index in [1.54, 1.807) is 16.8 Å². The summed E-state index contributed by atoms with van der Waals surface area (Å²) in [5, 5.41) is 4.74. The summed E-state index contributed by atoms with van der Waals surface area (Å²) in [6.07, 6.45) is 5.31. The van der Waals surface area contributed by atoms with Crippen LogP contribution in [0.3, 0.4) is 0 Å². The van der Waals surface area contributed by atoms with Gasteiger partial charge in [-0.3, -0.25) is 14.3 Å². The molecule has 0 bridgehead atoms. The highest BCUT2D eigenvalue weighted by Crippen LogP contribution is 2.31. The van der Waals surface area contributed by atoms with Crippen LogP contribution >= 0.6 is 0 Å². The maximum absolute atomic E-state index is 12.9. The summed E-state index contributed by atoms with van der Waals surface area (Å²) >= 11 is 0. The summed E-state index contributed by atoms with van der Waals surface area (Å²) in [6, 6.07) is 20.4. The van der Waals surface area contributed by atoms with E-state index in [1.807, 2.05) is 42.5 Å². The van der Waals surface area contributed by atoms with E-state index in [1.165, 1.54) is 29.5 Å². The van der Waals surface area contributed by atoms with Gasteiger partial charge < -0.3 is 15.0 Å². The zero-order valence-corrected chi connectivity index (χ0v) is 19.3. The Kier molecular flexibility index (Phi) is 5.69. The Morgan fingerprint density at radius 2 is 1.85 bits per heavy atom. The van der Waals surface area contributed by atoms with Crippen LogP contribution in [0, 0.1) is 0 Å². The molecule has 1 fully saturated rings. The largest absolute Gasteiger partial charge is 0.489 e. The molecule has 0 aliphatic carbocycles. The number of hydrogen-bond donors (Lipinski definition) is 2. The monoisotopic (exact) mass is 454 g/mol. The molecule has 6 heteroatoms. The van der Waals surface area contributed by atoms with Crippen molar-refractivity contribution < 1.29 is 4.74 Å². The third-order valence-electron chi connectivity index (χ3n) is 7.23. The molecule has 0 amide bonds. The normalized spacial score (nSPS) is 17.1. The summed E-state index contributed by atoms with van der Waals surface area (Å²) < 4.78 is 7.50. The standard InChI is InChI=1S/C28H30N4O2/c33-28-17-23(34-19-20-4-2-1-3-5-20)10-15-32(28)22-6-7-24-25-18-31(21-8-12-29-13-9-21)14-11-26(25)30-27(24)16-22/h1-7,10,15-17,21,29-30H,8-9,11-14,18-19H2. The molecule has 0 spiro atoms. The molecule has 1 saturated heterocycles. The second kappa shape index (κ2) is 9.12. The first-order valence-electron chi connectivity index (χ1n) is 12.2. The van der Waals surface area contributed by atoms with Crippen molar-refractivity contribution in [3.63, 3.8) is 0 Å². The van der Waals surface area contributed by atoms with Gasteiger partial charge in [0, 0.05) is 54.4 Å². The molecular weight excluding hydrogens is 424 g/mol. The zero-order valence-electron chi connectivity index (χ0n) is 19.3.